The van der Waals surface area contributed by atoms with Crippen LogP contribution in [0.5, 0.6) is 5.75 Å². The standard InChI is InChI=1S/C14H11BrF2N2O/c15-10-3-1-2-8(4-10)7-20-13-11(16)5-9(14(18)19)6-12(13)17/h1-6H,7H2,(H3,18,19). The SMILES string of the molecule is N=C(N)c1cc(F)c(OCc2cccc(Br)c2)c(F)c1. The van der Waals surface area contributed by atoms with E-state index in [4.69, 9.17) is 15.9 Å². The number of amidine groups is 1. The molecule has 0 aliphatic heterocycles. The van der Waals surface area contributed by atoms with Crippen LogP contribution in [0.1, 0.15) is 11.1 Å². The Morgan fingerprint density at radius 3 is 2.40 bits per heavy atom. The molecule has 3 N–H and O–H groups in total. The minimum atomic E-state index is -0.884. The molecule has 0 aliphatic rings. The second-order valence-corrected chi connectivity index (χ2v) is 5.02. The summed E-state index contributed by atoms with van der Waals surface area (Å²) < 4.78 is 33.5. The van der Waals surface area contributed by atoms with E-state index in [2.05, 4.69) is 15.9 Å². The van der Waals surface area contributed by atoms with Crippen LogP contribution >= 0.6 is 15.9 Å². The predicted octanol–water partition coefficient (Wildman–Crippen LogP) is 3.59. The monoisotopic (exact) mass is 340 g/mol. The third-order valence-corrected chi connectivity index (χ3v) is 3.07. The van der Waals surface area contributed by atoms with Crippen molar-refractivity contribution in [3.8, 4) is 5.75 Å². The molecule has 0 heterocycles. The molecule has 3 nitrogen and oxygen atoms in total. The van der Waals surface area contributed by atoms with Crippen LogP contribution in [0.2, 0.25) is 0 Å². The van der Waals surface area contributed by atoms with Gasteiger partial charge in [0.1, 0.15) is 12.4 Å². The summed E-state index contributed by atoms with van der Waals surface area (Å²) in [5.41, 5.74) is 5.94. The number of nitrogen functional groups attached to an aromatic ring is 1. The van der Waals surface area contributed by atoms with Crippen molar-refractivity contribution in [3.05, 3.63) is 63.6 Å². The van der Waals surface area contributed by atoms with E-state index in [0.717, 1.165) is 22.2 Å². The van der Waals surface area contributed by atoms with Gasteiger partial charge in [-0.2, -0.15) is 0 Å². The zero-order valence-electron chi connectivity index (χ0n) is 10.3. The largest absolute Gasteiger partial charge is 0.483 e. The maximum Gasteiger partial charge on any atom is 0.191 e. The third-order valence-electron chi connectivity index (χ3n) is 2.58. The first-order valence-corrected chi connectivity index (χ1v) is 6.47. The molecule has 0 aliphatic carbocycles. The van der Waals surface area contributed by atoms with Gasteiger partial charge in [0.15, 0.2) is 17.4 Å². The number of nitrogens with one attached hydrogen (secondary N) is 1. The van der Waals surface area contributed by atoms with Crippen LogP contribution in [-0.2, 0) is 6.61 Å². The summed E-state index contributed by atoms with van der Waals surface area (Å²) >= 11 is 3.30. The van der Waals surface area contributed by atoms with E-state index < -0.39 is 23.2 Å². The maximum atomic E-state index is 13.7. The van der Waals surface area contributed by atoms with Crippen molar-refractivity contribution in [1.82, 2.24) is 0 Å². The molecule has 0 saturated heterocycles. The quantitative estimate of drug-likeness (QED) is 0.660. The highest BCUT2D eigenvalue weighted by Crippen LogP contribution is 2.24. The Bertz CT molecular complexity index is 638. The molecule has 2 aromatic carbocycles. The number of halogens is 3. The van der Waals surface area contributed by atoms with Crippen molar-refractivity contribution in [2.24, 2.45) is 5.73 Å². The van der Waals surface area contributed by atoms with Crippen molar-refractivity contribution in [3.63, 3.8) is 0 Å². The van der Waals surface area contributed by atoms with Gasteiger partial charge in [0.2, 0.25) is 0 Å². The van der Waals surface area contributed by atoms with Gasteiger partial charge in [0.05, 0.1) is 0 Å². The first kappa shape index (κ1) is 14.5. The van der Waals surface area contributed by atoms with E-state index in [-0.39, 0.29) is 12.2 Å². The maximum absolute atomic E-state index is 13.7. The number of hydrogen-bond donors (Lipinski definition) is 2. The molecular weight excluding hydrogens is 330 g/mol. The van der Waals surface area contributed by atoms with Gasteiger partial charge in [-0.1, -0.05) is 28.1 Å². The van der Waals surface area contributed by atoms with Crippen molar-refractivity contribution >= 4 is 21.8 Å². The van der Waals surface area contributed by atoms with Gasteiger partial charge in [0, 0.05) is 10.0 Å². The molecule has 0 spiro atoms. The first-order valence-electron chi connectivity index (χ1n) is 5.68. The number of rotatable bonds is 4. The minimum Gasteiger partial charge on any atom is -0.483 e. The summed E-state index contributed by atoms with van der Waals surface area (Å²) in [5.74, 6) is -2.65. The smallest absolute Gasteiger partial charge is 0.191 e. The van der Waals surface area contributed by atoms with Crippen LogP contribution < -0.4 is 10.5 Å². The lowest BCUT2D eigenvalue weighted by Crippen LogP contribution is -2.12. The summed E-state index contributed by atoms with van der Waals surface area (Å²) in [6, 6.07) is 9.16. The number of benzene rings is 2. The first-order chi connectivity index (χ1) is 9.47. The summed E-state index contributed by atoms with van der Waals surface area (Å²) in [7, 11) is 0. The summed E-state index contributed by atoms with van der Waals surface area (Å²) in [4.78, 5) is 0. The summed E-state index contributed by atoms with van der Waals surface area (Å²) in [6.45, 7) is 0.0344. The summed E-state index contributed by atoms with van der Waals surface area (Å²) in [5, 5.41) is 7.16. The molecule has 0 aromatic heterocycles. The highest BCUT2D eigenvalue weighted by molar-refractivity contribution is 9.10. The zero-order chi connectivity index (χ0) is 14.7. The third kappa shape index (κ3) is 3.33. The second kappa shape index (κ2) is 6.00. The number of hydrogen-bond acceptors (Lipinski definition) is 2. The molecule has 6 heteroatoms. The lowest BCUT2D eigenvalue weighted by molar-refractivity contribution is 0.274. The molecule has 0 fully saturated rings. The average Bonchev–Trinajstić information content (AvgIpc) is 2.37. The Kier molecular flexibility index (Phi) is 4.34. The molecule has 0 radical (unpaired) electrons. The fourth-order valence-electron chi connectivity index (χ4n) is 1.64. The van der Waals surface area contributed by atoms with Gasteiger partial charge >= 0.3 is 0 Å². The predicted molar refractivity (Wildman–Crippen MR) is 75.8 cm³/mol. The second-order valence-electron chi connectivity index (χ2n) is 4.10. The van der Waals surface area contributed by atoms with E-state index in [0.29, 0.717) is 0 Å². The Labute approximate surface area is 123 Å². The highest BCUT2D eigenvalue weighted by Gasteiger charge is 2.14. The van der Waals surface area contributed by atoms with E-state index in [1.54, 1.807) is 18.2 Å². The Morgan fingerprint density at radius 2 is 1.85 bits per heavy atom. The molecule has 0 atom stereocenters. The van der Waals surface area contributed by atoms with E-state index in [9.17, 15) is 8.78 Å². The van der Waals surface area contributed by atoms with Crippen LogP contribution in [-0.4, -0.2) is 5.84 Å². The molecule has 0 amide bonds. The minimum absolute atomic E-state index is 0.0187. The Morgan fingerprint density at radius 1 is 1.20 bits per heavy atom. The molecule has 0 unspecified atom stereocenters. The Balaban J connectivity index is 2.20. The highest BCUT2D eigenvalue weighted by atomic mass is 79.9. The summed E-state index contributed by atoms with van der Waals surface area (Å²) in [6.07, 6.45) is 0. The van der Waals surface area contributed by atoms with E-state index >= 15 is 0 Å². The molecule has 104 valence electrons. The zero-order valence-corrected chi connectivity index (χ0v) is 11.9. The molecular formula is C14H11BrF2N2O. The van der Waals surface area contributed by atoms with Crippen molar-refractivity contribution in [2.75, 3.05) is 0 Å². The fraction of sp³-hybridized carbons (Fsp3) is 0.0714. The van der Waals surface area contributed by atoms with Gasteiger partial charge in [-0.25, -0.2) is 8.78 Å². The van der Waals surface area contributed by atoms with Crippen LogP contribution in [0, 0.1) is 17.0 Å². The molecule has 0 saturated carbocycles. The molecule has 2 aromatic rings. The van der Waals surface area contributed by atoms with Crippen LogP contribution in [0.3, 0.4) is 0 Å². The van der Waals surface area contributed by atoms with Crippen LogP contribution in [0.4, 0.5) is 8.78 Å². The van der Waals surface area contributed by atoms with Gasteiger partial charge < -0.3 is 10.5 Å². The topological polar surface area (TPSA) is 59.1 Å². The van der Waals surface area contributed by atoms with Crippen molar-refractivity contribution in [1.29, 1.82) is 5.41 Å². The van der Waals surface area contributed by atoms with Crippen LogP contribution in [0.25, 0.3) is 0 Å². The van der Waals surface area contributed by atoms with Crippen molar-refractivity contribution < 1.29 is 13.5 Å². The van der Waals surface area contributed by atoms with Crippen molar-refractivity contribution in [2.45, 2.75) is 6.61 Å². The lowest BCUT2D eigenvalue weighted by atomic mass is 10.2. The normalized spacial score (nSPS) is 10.3. The average molecular weight is 341 g/mol. The van der Waals surface area contributed by atoms with E-state index in [1.165, 1.54) is 0 Å². The molecule has 20 heavy (non-hydrogen) atoms. The number of nitrogens with two attached hydrogens (primary N) is 1. The van der Waals surface area contributed by atoms with Gasteiger partial charge in [0.25, 0.3) is 0 Å². The molecule has 2 rings (SSSR count). The fourth-order valence-corrected chi connectivity index (χ4v) is 2.08. The Hall–Kier alpha value is -1.95. The lowest BCUT2D eigenvalue weighted by Gasteiger charge is -2.10. The van der Waals surface area contributed by atoms with Gasteiger partial charge in [-0.15, -0.1) is 0 Å². The van der Waals surface area contributed by atoms with Gasteiger partial charge in [-0.3, -0.25) is 5.41 Å². The number of ether oxygens (including phenoxy) is 1. The van der Waals surface area contributed by atoms with E-state index in [1.807, 2.05) is 6.07 Å². The molecule has 0 bridgehead atoms. The van der Waals surface area contributed by atoms with Crippen LogP contribution in [0.15, 0.2) is 40.9 Å². The van der Waals surface area contributed by atoms with Gasteiger partial charge in [-0.05, 0) is 29.8 Å².